The topological polar surface area (TPSA) is 72.6 Å². The molecule has 0 amide bonds. The SMILES string of the molecule is CC1(NC2CCC(=N)CC2)CC(c2ccc(F)c(C#N)c2)=Cc2ccncc21. The summed E-state index contributed by atoms with van der Waals surface area (Å²) in [6, 6.07) is 9.04. The maximum atomic E-state index is 13.8. The maximum absolute atomic E-state index is 13.8. The van der Waals surface area contributed by atoms with Crippen LogP contribution in [0.5, 0.6) is 0 Å². The Morgan fingerprint density at radius 2 is 2.07 bits per heavy atom. The molecule has 5 heteroatoms. The van der Waals surface area contributed by atoms with Crippen molar-refractivity contribution in [3.05, 3.63) is 64.7 Å². The van der Waals surface area contributed by atoms with Crippen LogP contribution < -0.4 is 5.32 Å². The first kappa shape index (κ1) is 18.5. The normalized spacial score (nSPS) is 24.2. The maximum Gasteiger partial charge on any atom is 0.140 e. The van der Waals surface area contributed by atoms with E-state index in [0.29, 0.717) is 6.04 Å². The predicted octanol–water partition coefficient (Wildman–Crippen LogP) is 4.80. The average Bonchev–Trinajstić information content (AvgIpc) is 2.70. The van der Waals surface area contributed by atoms with Crippen LogP contribution in [0, 0.1) is 22.6 Å². The van der Waals surface area contributed by atoms with E-state index < -0.39 is 5.82 Å². The van der Waals surface area contributed by atoms with Crippen molar-refractivity contribution in [1.82, 2.24) is 10.3 Å². The molecule has 0 spiro atoms. The van der Waals surface area contributed by atoms with Crippen molar-refractivity contribution >= 4 is 17.4 Å². The summed E-state index contributed by atoms with van der Waals surface area (Å²) >= 11 is 0. The van der Waals surface area contributed by atoms with E-state index in [2.05, 4.69) is 23.3 Å². The predicted molar refractivity (Wildman–Crippen MR) is 108 cm³/mol. The Morgan fingerprint density at radius 1 is 1.29 bits per heavy atom. The van der Waals surface area contributed by atoms with Gasteiger partial charge in [0.1, 0.15) is 11.9 Å². The third kappa shape index (κ3) is 3.48. The average molecular weight is 374 g/mol. The molecule has 0 aliphatic heterocycles. The number of nitriles is 1. The van der Waals surface area contributed by atoms with E-state index in [1.165, 1.54) is 6.07 Å². The molecule has 28 heavy (non-hydrogen) atoms. The number of benzene rings is 1. The lowest BCUT2D eigenvalue weighted by Gasteiger charge is -2.41. The highest BCUT2D eigenvalue weighted by Gasteiger charge is 2.36. The van der Waals surface area contributed by atoms with Crippen LogP contribution in [0.4, 0.5) is 4.39 Å². The molecule has 1 aromatic heterocycles. The fourth-order valence-corrected chi connectivity index (χ4v) is 4.39. The Bertz CT molecular complexity index is 994. The molecule has 0 saturated heterocycles. The number of halogens is 1. The first-order valence-electron chi connectivity index (χ1n) is 9.67. The van der Waals surface area contributed by atoms with Crippen molar-refractivity contribution in [3.8, 4) is 6.07 Å². The van der Waals surface area contributed by atoms with E-state index >= 15 is 0 Å². The molecule has 142 valence electrons. The minimum absolute atomic E-state index is 0.0689. The lowest BCUT2D eigenvalue weighted by Crippen LogP contribution is -2.48. The quantitative estimate of drug-likeness (QED) is 0.810. The molecule has 2 aliphatic rings. The minimum atomic E-state index is -0.488. The molecule has 4 nitrogen and oxygen atoms in total. The van der Waals surface area contributed by atoms with Gasteiger partial charge in [0, 0.05) is 29.7 Å². The third-order valence-corrected chi connectivity index (χ3v) is 5.89. The van der Waals surface area contributed by atoms with Crippen molar-refractivity contribution in [2.75, 3.05) is 0 Å². The molecular formula is C23H23FN4. The minimum Gasteiger partial charge on any atom is -0.310 e. The number of aromatic nitrogens is 1. The molecule has 1 fully saturated rings. The highest BCUT2D eigenvalue weighted by Crippen LogP contribution is 2.41. The van der Waals surface area contributed by atoms with Crippen molar-refractivity contribution in [2.45, 2.75) is 50.6 Å². The van der Waals surface area contributed by atoms with Crippen LogP contribution in [-0.4, -0.2) is 16.7 Å². The monoisotopic (exact) mass is 374 g/mol. The van der Waals surface area contributed by atoms with Crippen LogP contribution in [0.25, 0.3) is 11.6 Å². The van der Waals surface area contributed by atoms with Crippen LogP contribution in [-0.2, 0) is 5.54 Å². The molecule has 1 aromatic carbocycles. The summed E-state index contributed by atoms with van der Waals surface area (Å²) in [6.45, 7) is 2.19. The Morgan fingerprint density at radius 3 is 2.82 bits per heavy atom. The summed E-state index contributed by atoms with van der Waals surface area (Å²) < 4.78 is 13.8. The molecule has 2 aliphatic carbocycles. The zero-order valence-corrected chi connectivity index (χ0v) is 15.9. The van der Waals surface area contributed by atoms with Gasteiger partial charge in [0.2, 0.25) is 0 Å². The number of nitrogens with zero attached hydrogens (tertiary/aromatic N) is 2. The molecule has 2 aromatic rings. The lowest BCUT2D eigenvalue weighted by atomic mass is 9.76. The first-order chi connectivity index (χ1) is 13.5. The Kier molecular flexibility index (Phi) is 4.82. The lowest BCUT2D eigenvalue weighted by molar-refractivity contribution is 0.292. The number of hydrogen-bond acceptors (Lipinski definition) is 4. The van der Waals surface area contributed by atoms with Gasteiger partial charge in [-0.2, -0.15) is 5.26 Å². The summed E-state index contributed by atoms with van der Waals surface area (Å²) in [4.78, 5) is 4.34. The van der Waals surface area contributed by atoms with Gasteiger partial charge in [-0.25, -0.2) is 4.39 Å². The fraction of sp³-hybridized carbons (Fsp3) is 0.348. The van der Waals surface area contributed by atoms with Gasteiger partial charge in [-0.3, -0.25) is 4.98 Å². The number of hydrogen-bond donors (Lipinski definition) is 2. The van der Waals surface area contributed by atoms with Crippen molar-refractivity contribution in [2.24, 2.45) is 0 Å². The summed E-state index contributed by atoms with van der Waals surface area (Å²) in [5.74, 6) is -0.488. The summed E-state index contributed by atoms with van der Waals surface area (Å²) in [5.41, 5.74) is 4.80. The van der Waals surface area contributed by atoms with E-state index in [-0.39, 0.29) is 11.1 Å². The van der Waals surface area contributed by atoms with Gasteiger partial charge in [0.15, 0.2) is 0 Å². The number of rotatable bonds is 3. The molecule has 1 unspecified atom stereocenters. The molecule has 0 bridgehead atoms. The van der Waals surface area contributed by atoms with Gasteiger partial charge in [0.05, 0.1) is 5.56 Å². The second kappa shape index (κ2) is 7.29. The van der Waals surface area contributed by atoms with Crippen molar-refractivity contribution < 1.29 is 4.39 Å². The van der Waals surface area contributed by atoms with E-state index in [1.54, 1.807) is 18.3 Å². The first-order valence-corrected chi connectivity index (χ1v) is 9.67. The number of nitrogens with one attached hydrogen (secondary N) is 2. The van der Waals surface area contributed by atoms with Gasteiger partial charge < -0.3 is 10.7 Å². The van der Waals surface area contributed by atoms with Gasteiger partial charge in [0.25, 0.3) is 0 Å². The highest BCUT2D eigenvalue weighted by atomic mass is 19.1. The van der Waals surface area contributed by atoms with E-state index in [4.69, 9.17) is 5.41 Å². The zero-order chi connectivity index (χ0) is 19.7. The molecule has 0 radical (unpaired) electrons. The van der Waals surface area contributed by atoms with Crippen LogP contribution in [0.15, 0.2) is 36.7 Å². The van der Waals surface area contributed by atoms with Gasteiger partial charge in [-0.1, -0.05) is 12.1 Å². The van der Waals surface area contributed by atoms with E-state index in [9.17, 15) is 9.65 Å². The van der Waals surface area contributed by atoms with Crippen molar-refractivity contribution in [1.29, 1.82) is 10.7 Å². The summed E-state index contributed by atoms with van der Waals surface area (Å²) in [6.07, 6.45) is 10.2. The summed E-state index contributed by atoms with van der Waals surface area (Å²) in [5, 5.41) is 20.9. The van der Waals surface area contributed by atoms with Crippen LogP contribution in [0.2, 0.25) is 0 Å². The molecular weight excluding hydrogens is 351 g/mol. The molecule has 2 N–H and O–H groups in total. The second-order valence-corrected chi connectivity index (χ2v) is 7.97. The summed E-state index contributed by atoms with van der Waals surface area (Å²) in [7, 11) is 0. The van der Waals surface area contributed by atoms with Crippen LogP contribution in [0.1, 0.15) is 61.3 Å². The molecule has 1 atom stereocenters. The van der Waals surface area contributed by atoms with Crippen molar-refractivity contribution in [3.63, 3.8) is 0 Å². The largest absolute Gasteiger partial charge is 0.310 e. The van der Waals surface area contributed by atoms with E-state index in [0.717, 1.165) is 60.1 Å². The Labute approximate surface area is 164 Å². The van der Waals surface area contributed by atoms with E-state index in [1.807, 2.05) is 18.3 Å². The van der Waals surface area contributed by atoms with Crippen LogP contribution >= 0.6 is 0 Å². The van der Waals surface area contributed by atoms with Gasteiger partial charge in [-0.05, 0) is 79.5 Å². The van der Waals surface area contributed by atoms with Crippen LogP contribution in [0.3, 0.4) is 0 Å². The molecule has 1 heterocycles. The second-order valence-electron chi connectivity index (χ2n) is 7.97. The number of pyridine rings is 1. The molecule has 1 saturated carbocycles. The standard InChI is InChI=1S/C23H23FN4/c1-23(28-20-5-3-19(26)4-6-20)12-17(11-16-8-9-27-14-21(16)23)15-2-7-22(24)18(10-15)13-25/h2,7-11,14,20,26,28H,3-6,12H2,1H3. The zero-order valence-electron chi connectivity index (χ0n) is 15.9. The van der Waals surface area contributed by atoms with Gasteiger partial charge in [-0.15, -0.1) is 0 Å². The Hall–Kier alpha value is -2.84. The number of fused-ring (bicyclic) bond motifs is 1. The van der Waals surface area contributed by atoms with Gasteiger partial charge >= 0.3 is 0 Å². The Balaban J connectivity index is 1.70. The fourth-order valence-electron chi connectivity index (χ4n) is 4.39. The molecule has 4 rings (SSSR count). The third-order valence-electron chi connectivity index (χ3n) is 5.89. The smallest absolute Gasteiger partial charge is 0.140 e. The highest BCUT2D eigenvalue weighted by molar-refractivity contribution is 5.86.